The average molecular weight is 280 g/mol. The second kappa shape index (κ2) is 14.4. The first kappa shape index (κ1) is 19.0. The zero-order valence-electron chi connectivity index (χ0n) is 13.7. The van der Waals surface area contributed by atoms with Crippen LogP contribution < -0.4 is 0 Å². The number of esters is 1. The standard InChI is InChI=1S/C18H32O2/c1-4-6-7-8-9-10-11-12-13-14-18(19)20-16-15-17(3)5-2/h17H,4-14H2,1-3H3. The van der Waals surface area contributed by atoms with Crippen LogP contribution in [0.4, 0.5) is 0 Å². The van der Waals surface area contributed by atoms with Crippen molar-refractivity contribution in [1.29, 1.82) is 0 Å². The van der Waals surface area contributed by atoms with E-state index < -0.39 is 0 Å². The van der Waals surface area contributed by atoms with Crippen LogP contribution in [0.15, 0.2) is 0 Å². The van der Waals surface area contributed by atoms with Crippen LogP contribution in [0, 0.1) is 17.9 Å². The lowest BCUT2D eigenvalue weighted by Crippen LogP contribution is -2.00. The van der Waals surface area contributed by atoms with Crippen molar-refractivity contribution in [2.24, 2.45) is 5.92 Å². The molecule has 2 heteroatoms. The van der Waals surface area contributed by atoms with E-state index in [1.54, 1.807) is 0 Å². The number of hydrogen-bond donors (Lipinski definition) is 0. The minimum Gasteiger partial charge on any atom is -0.372 e. The maximum Gasteiger partial charge on any atom is 0.319 e. The first-order chi connectivity index (χ1) is 9.70. The zero-order chi connectivity index (χ0) is 15.1. The molecule has 0 heterocycles. The van der Waals surface area contributed by atoms with E-state index in [1.807, 2.05) is 6.92 Å². The molecule has 0 aliphatic heterocycles. The molecule has 0 fully saturated rings. The summed E-state index contributed by atoms with van der Waals surface area (Å²) >= 11 is 0. The van der Waals surface area contributed by atoms with Crippen LogP contribution in [0.3, 0.4) is 0 Å². The summed E-state index contributed by atoms with van der Waals surface area (Å²) in [6, 6.07) is 0. The number of carbonyl (C=O) groups excluding carboxylic acids is 1. The van der Waals surface area contributed by atoms with E-state index in [4.69, 9.17) is 4.74 Å². The SMILES string of the molecule is CCCCCCCCCCCC(=O)OC#CC(C)CC. The van der Waals surface area contributed by atoms with E-state index in [0.717, 1.165) is 19.3 Å². The fraction of sp³-hybridized carbons (Fsp3) is 0.833. The van der Waals surface area contributed by atoms with Crippen molar-refractivity contribution in [3.63, 3.8) is 0 Å². The van der Waals surface area contributed by atoms with Gasteiger partial charge in [0.15, 0.2) is 0 Å². The lowest BCUT2D eigenvalue weighted by Gasteiger charge is -2.01. The van der Waals surface area contributed by atoms with E-state index >= 15 is 0 Å². The third-order valence-electron chi connectivity index (χ3n) is 3.57. The second-order valence-electron chi connectivity index (χ2n) is 5.61. The van der Waals surface area contributed by atoms with Crippen molar-refractivity contribution in [3.8, 4) is 12.0 Å². The molecule has 0 aromatic rings. The highest BCUT2D eigenvalue weighted by Crippen LogP contribution is 2.10. The highest BCUT2D eigenvalue weighted by atomic mass is 16.5. The minimum absolute atomic E-state index is 0.177. The van der Waals surface area contributed by atoms with Crippen LogP contribution in [0.5, 0.6) is 0 Å². The molecule has 2 nitrogen and oxygen atoms in total. The number of carbonyl (C=O) groups is 1. The predicted octanol–water partition coefficient (Wildman–Crippen LogP) is 5.46. The van der Waals surface area contributed by atoms with Crippen LogP contribution in [0.1, 0.15) is 91.4 Å². The van der Waals surface area contributed by atoms with Gasteiger partial charge in [-0.2, -0.15) is 0 Å². The van der Waals surface area contributed by atoms with E-state index in [2.05, 4.69) is 25.9 Å². The van der Waals surface area contributed by atoms with Crippen LogP contribution in [0.2, 0.25) is 0 Å². The molecule has 0 amide bonds. The van der Waals surface area contributed by atoms with Crippen molar-refractivity contribution in [3.05, 3.63) is 0 Å². The number of rotatable bonds is 11. The van der Waals surface area contributed by atoms with Crippen LogP contribution in [0.25, 0.3) is 0 Å². The first-order valence-electron chi connectivity index (χ1n) is 8.40. The van der Waals surface area contributed by atoms with Gasteiger partial charge in [-0.15, -0.1) is 0 Å². The Hall–Kier alpha value is -0.970. The molecule has 0 aromatic heterocycles. The summed E-state index contributed by atoms with van der Waals surface area (Å²) in [5, 5.41) is 0. The van der Waals surface area contributed by atoms with Crippen molar-refractivity contribution in [1.82, 2.24) is 0 Å². The van der Waals surface area contributed by atoms with Gasteiger partial charge in [0.1, 0.15) is 6.11 Å². The fourth-order valence-corrected chi connectivity index (χ4v) is 1.92. The molecular formula is C18H32O2. The van der Waals surface area contributed by atoms with Gasteiger partial charge in [0, 0.05) is 12.3 Å². The molecule has 0 rings (SSSR count). The van der Waals surface area contributed by atoms with Gasteiger partial charge in [-0.3, -0.25) is 4.79 Å². The molecule has 0 N–H and O–H groups in total. The molecule has 20 heavy (non-hydrogen) atoms. The molecule has 1 unspecified atom stereocenters. The van der Waals surface area contributed by atoms with Gasteiger partial charge in [-0.1, -0.05) is 78.1 Å². The molecule has 1 atom stereocenters. The molecule has 0 aliphatic carbocycles. The summed E-state index contributed by atoms with van der Waals surface area (Å²) in [7, 11) is 0. The Balaban J connectivity index is 3.33. The maximum absolute atomic E-state index is 11.4. The van der Waals surface area contributed by atoms with Crippen molar-refractivity contribution >= 4 is 5.97 Å². The normalized spacial score (nSPS) is 11.6. The summed E-state index contributed by atoms with van der Waals surface area (Å²) in [5.74, 6) is 3.03. The number of hydrogen-bond acceptors (Lipinski definition) is 2. The smallest absolute Gasteiger partial charge is 0.319 e. The third kappa shape index (κ3) is 13.5. The maximum atomic E-state index is 11.4. The molecule has 0 aromatic carbocycles. The Morgan fingerprint density at radius 1 is 0.950 bits per heavy atom. The molecule has 0 radical (unpaired) electrons. The largest absolute Gasteiger partial charge is 0.372 e. The fourth-order valence-electron chi connectivity index (χ4n) is 1.92. The lowest BCUT2D eigenvalue weighted by molar-refractivity contribution is -0.136. The van der Waals surface area contributed by atoms with Crippen LogP contribution >= 0.6 is 0 Å². The second-order valence-corrected chi connectivity index (χ2v) is 5.61. The van der Waals surface area contributed by atoms with Crippen LogP contribution in [-0.2, 0) is 9.53 Å². The Kier molecular flexibility index (Phi) is 13.7. The predicted molar refractivity (Wildman–Crippen MR) is 85.2 cm³/mol. The highest BCUT2D eigenvalue weighted by Gasteiger charge is 2.01. The van der Waals surface area contributed by atoms with E-state index in [9.17, 15) is 4.79 Å². The van der Waals surface area contributed by atoms with Gasteiger partial charge >= 0.3 is 5.97 Å². The van der Waals surface area contributed by atoms with Crippen LogP contribution in [-0.4, -0.2) is 5.97 Å². The van der Waals surface area contributed by atoms with Gasteiger partial charge in [0.2, 0.25) is 0 Å². The molecule has 0 saturated carbocycles. The highest BCUT2D eigenvalue weighted by molar-refractivity contribution is 5.70. The Bertz CT molecular complexity index is 286. The van der Waals surface area contributed by atoms with E-state index in [0.29, 0.717) is 12.3 Å². The summed E-state index contributed by atoms with van der Waals surface area (Å²) in [5.41, 5.74) is 0. The van der Waals surface area contributed by atoms with Gasteiger partial charge in [-0.05, 0) is 12.8 Å². The minimum atomic E-state index is -0.177. The first-order valence-corrected chi connectivity index (χ1v) is 8.40. The van der Waals surface area contributed by atoms with Gasteiger partial charge in [0.25, 0.3) is 0 Å². The summed E-state index contributed by atoms with van der Waals surface area (Å²) in [6.45, 7) is 6.34. The topological polar surface area (TPSA) is 26.3 Å². The average Bonchev–Trinajstić information content (AvgIpc) is 2.45. The number of ether oxygens (including phenoxy) is 1. The zero-order valence-corrected chi connectivity index (χ0v) is 13.7. The number of unbranched alkanes of at least 4 members (excludes halogenated alkanes) is 8. The van der Waals surface area contributed by atoms with Gasteiger partial charge in [0.05, 0.1) is 0 Å². The van der Waals surface area contributed by atoms with E-state index in [-0.39, 0.29) is 5.97 Å². The monoisotopic (exact) mass is 280 g/mol. The lowest BCUT2D eigenvalue weighted by atomic mass is 10.1. The van der Waals surface area contributed by atoms with Gasteiger partial charge < -0.3 is 4.74 Å². The molecule has 0 bridgehead atoms. The van der Waals surface area contributed by atoms with Crippen molar-refractivity contribution in [2.75, 3.05) is 0 Å². The quantitative estimate of drug-likeness (QED) is 0.285. The van der Waals surface area contributed by atoms with Gasteiger partial charge in [-0.25, -0.2) is 0 Å². The molecule has 0 spiro atoms. The summed E-state index contributed by atoms with van der Waals surface area (Å²) in [6.07, 6.45) is 15.3. The molecular weight excluding hydrogens is 248 g/mol. The molecule has 0 aliphatic rings. The Morgan fingerprint density at radius 2 is 1.50 bits per heavy atom. The van der Waals surface area contributed by atoms with E-state index in [1.165, 1.54) is 44.9 Å². The molecule has 0 saturated heterocycles. The van der Waals surface area contributed by atoms with Crippen molar-refractivity contribution in [2.45, 2.75) is 91.4 Å². The third-order valence-corrected chi connectivity index (χ3v) is 3.57. The summed E-state index contributed by atoms with van der Waals surface area (Å²) < 4.78 is 4.89. The Morgan fingerprint density at radius 3 is 2.05 bits per heavy atom. The molecule has 116 valence electrons. The Labute approximate surface area is 125 Å². The van der Waals surface area contributed by atoms with Crippen molar-refractivity contribution < 1.29 is 9.53 Å². The summed E-state index contributed by atoms with van der Waals surface area (Å²) in [4.78, 5) is 11.4.